The number of aryl methyl sites for hydroxylation is 2. The van der Waals surface area contributed by atoms with Crippen LogP contribution in [0.2, 0.25) is 0 Å². The first-order valence-corrected chi connectivity index (χ1v) is 8.15. The second-order valence-corrected chi connectivity index (χ2v) is 6.27. The molecule has 0 aromatic heterocycles. The third-order valence-electron chi connectivity index (χ3n) is 4.93. The lowest BCUT2D eigenvalue weighted by atomic mass is 9.89. The topological polar surface area (TPSA) is 32.3 Å². The highest BCUT2D eigenvalue weighted by atomic mass is 16.3. The average molecular weight is 275 g/mol. The summed E-state index contributed by atoms with van der Waals surface area (Å²) in [5, 5.41) is 13.9. The van der Waals surface area contributed by atoms with E-state index in [2.05, 4.69) is 44.3 Å². The molecular formula is C18H29NO. The van der Waals surface area contributed by atoms with Crippen molar-refractivity contribution in [2.24, 2.45) is 0 Å². The Morgan fingerprint density at radius 1 is 1.15 bits per heavy atom. The van der Waals surface area contributed by atoms with Crippen LogP contribution < -0.4 is 5.32 Å². The Hall–Kier alpha value is -0.860. The van der Waals surface area contributed by atoms with E-state index in [0.29, 0.717) is 12.6 Å². The summed E-state index contributed by atoms with van der Waals surface area (Å²) < 4.78 is 0. The first-order valence-electron chi connectivity index (χ1n) is 8.15. The summed E-state index contributed by atoms with van der Waals surface area (Å²) in [6.45, 7) is 6.96. The van der Waals surface area contributed by atoms with Gasteiger partial charge in [-0.2, -0.15) is 0 Å². The summed E-state index contributed by atoms with van der Waals surface area (Å²) in [7, 11) is 0. The van der Waals surface area contributed by atoms with Gasteiger partial charge < -0.3 is 10.4 Å². The molecule has 2 heteroatoms. The second kappa shape index (κ2) is 6.73. The van der Waals surface area contributed by atoms with Gasteiger partial charge in [0, 0.05) is 12.6 Å². The minimum Gasteiger partial charge on any atom is -0.389 e. The molecule has 0 heterocycles. The molecule has 1 aromatic rings. The van der Waals surface area contributed by atoms with Crippen molar-refractivity contribution in [2.75, 3.05) is 6.54 Å². The van der Waals surface area contributed by atoms with Gasteiger partial charge in [-0.15, -0.1) is 0 Å². The minimum atomic E-state index is -0.567. The Morgan fingerprint density at radius 2 is 1.80 bits per heavy atom. The Balaban J connectivity index is 2.00. The molecule has 1 aliphatic carbocycles. The molecule has 2 N–H and O–H groups in total. The highest BCUT2D eigenvalue weighted by molar-refractivity contribution is 5.35. The van der Waals surface area contributed by atoms with E-state index >= 15 is 0 Å². The molecule has 2 rings (SSSR count). The third kappa shape index (κ3) is 3.62. The van der Waals surface area contributed by atoms with E-state index < -0.39 is 5.60 Å². The van der Waals surface area contributed by atoms with Crippen molar-refractivity contribution < 1.29 is 5.11 Å². The fourth-order valence-electron chi connectivity index (χ4n) is 2.98. The molecule has 1 atom stereocenters. The Labute approximate surface area is 123 Å². The number of hydrogen-bond acceptors (Lipinski definition) is 2. The summed E-state index contributed by atoms with van der Waals surface area (Å²) in [5.41, 5.74) is 3.84. The maximum Gasteiger partial charge on any atom is 0.0766 e. The SMILES string of the molecule is CCC(O)(CC)CNC(C)c1ccc2c(c1)CCCC2. The highest BCUT2D eigenvalue weighted by Gasteiger charge is 2.22. The number of rotatable bonds is 6. The van der Waals surface area contributed by atoms with Crippen molar-refractivity contribution in [1.82, 2.24) is 5.32 Å². The minimum absolute atomic E-state index is 0.298. The molecule has 0 radical (unpaired) electrons. The number of aliphatic hydroxyl groups is 1. The molecule has 20 heavy (non-hydrogen) atoms. The van der Waals surface area contributed by atoms with Crippen molar-refractivity contribution in [3.8, 4) is 0 Å². The molecule has 0 fully saturated rings. The molecule has 0 aliphatic heterocycles. The molecule has 0 spiro atoms. The predicted octanol–water partition coefficient (Wildman–Crippen LogP) is 3.77. The number of nitrogens with one attached hydrogen (secondary N) is 1. The lowest BCUT2D eigenvalue weighted by Gasteiger charge is -2.28. The van der Waals surface area contributed by atoms with Crippen molar-refractivity contribution in [2.45, 2.75) is 70.9 Å². The van der Waals surface area contributed by atoms with E-state index in [-0.39, 0.29) is 0 Å². The number of benzene rings is 1. The van der Waals surface area contributed by atoms with Gasteiger partial charge in [-0.3, -0.25) is 0 Å². The summed E-state index contributed by atoms with van der Waals surface area (Å²) in [6.07, 6.45) is 6.72. The third-order valence-corrected chi connectivity index (χ3v) is 4.93. The predicted molar refractivity (Wildman–Crippen MR) is 85.0 cm³/mol. The molecule has 0 bridgehead atoms. The van der Waals surface area contributed by atoms with E-state index in [4.69, 9.17) is 0 Å². The standard InChI is InChI=1S/C18H29NO/c1-4-18(20,5-2)13-19-14(3)16-11-10-15-8-6-7-9-17(15)12-16/h10-12,14,19-20H,4-9,13H2,1-3H3. The van der Waals surface area contributed by atoms with Crippen molar-refractivity contribution in [3.63, 3.8) is 0 Å². The monoisotopic (exact) mass is 275 g/mol. The molecule has 1 aliphatic rings. The van der Waals surface area contributed by atoms with Gasteiger partial charge in [-0.1, -0.05) is 32.0 Å². The average Bonchev–Trinajstić information content (AvgIpc) is 2.51. The quantitative estimate of drug-likeness (QED) is 0.828. The fraction of sp³-hybridized carbons (Fsp3) is 0.667. The van der Waals surface area contributed by atoms with Gasteiger partial charge in [0.05, 0.1) is 5.60 Å². The van der Waals surface area contributed by atoms with Crippen LogP contribution in [0, 0.1) is 0 Å². The van der Waals surface area contributed by atoms with Gasteiger partial charge in [-0.05, 0) is 62.1 Å². The Bertz CT molecular complexity index is 437. The van der Waals surface area contributed by atoms with E-state index in [1.807, 2.05) is 0 Å². The fourth-order valence-corrected chi connectivity index (χ4v) is 2.98. The molecule has 1 unspecified atom stereocenters. The normalized spacial score (nSPS) is 16.8. The van der Waals surface area contributed by atoms with E-state index in [9.17, 15) is 5.11 Å². The Kier molecular flexibility index (Phi) is 5.22. The number of fused-ring (bicyclic) bond motifs is 1. The molecule has 112 valence electrons. The maximum atomic E-state index is 10.4. The van der Waals surface area contributed by atoms with Crippen LogP contribution in [0.4, 0.5) is 0 Å². The van der Waals surface area contributed by atoms with Crippen LogP contribution in [0.5, 0.6) is 0 Å². The van der Waals surface area contributed by atoms with Crippen molar-refractivity contribution >= 4 is 0 Å². The van der Waals surface area contributed by atoms with E-state index in [1.165, 1.54) is 42.4 Å². The molecule has 0 saturated carbocycles. The zero-order valence-electron chi connectivity index (χ0n) is 13.2. The zero-order valence-corrected chi connectivity index (χ0v) is 13.2. The second-order valence-electron chi connectivity index (χ2n) is 6.27. The Morgan fingerprint density at radius 3 is 2.45 bits per heavy atom. The van der Waals surface area contributed by atoms with E-state index in [0.717, 1.165) is 12.8 Å². The smallest absolute Gasteiger partial charge is 0.0766 e. The van der Waals surface area contributed by atoms with Gasteiger partial charge in [0.15, 0.2) is 0 Å². The maximum absolute atomic E-state index is 10.4. The van der Waals surface area contributed by atoms with Crippen LogP contribution >= 0.6 is 0 Å². The summed E-state index contributed by atoms with van der Waals surface area (Å²) in [5.74, 6) is 0. The summed E-state index contributed by atoms with van der Waals surface area (Å²) >= 11 is 0. The summed E-state index contributed by atoms with van der Waals surface area (Å²) in [6, 6.07) is 7.21. The van der Waals surface area contributed by atoms with Crippen molar-refractivity contribution in [1.29, 1.82) is 0 Å². The molecule has 0 amide bonds. The van der Waals surface area contributed by atoms with Crippen LogP contribution in [0.25, 0.3) is 0 Å². The lowest BCUT2D eigenvalue weighted by molar-refractivity contribution is 0.0303. The van der Waals surface area contributed by atoms with Gasteiger partial charge in [0.25, 0.3) is 0 Å². The zero-order chi connectivity index (χ0) is 14.6. The van der Waals surface area contributed by atoms with Gasteiger partial charge >= 0.3 is 0 Å². The van der Waals surface area contributed by atoms with E-state index in [1.54, 1.807) is 0 Å². The van der Waals surface area contributed by atoms with Crippen LogP contribution in [-0.2, 0) is 12.8 Å². The van der Waals surface area contributed by atoms with Gasteiger partial charge in [0.1, 0.15) is 0 Å². The van der Waals surface area contributed by atoms with Crippen LogP contribution in [0.3, 0.4) is 0 Å². The summed E-state index contributed by atoms with van der Waals surface area (Å²) in [4.78, 5) is 0. The first-order chi connectivity index (χ1) is 9.58. The van der Waals surface area contributed by atoms with Gasteiger partial charge in [-0.25, -0.2) is 0 Å². The lowest BCUT2D eigenvalue weighted by Crippen LogP contribution is -2.40. The largest absolute Gasteiger partial charge is 0.389 e. The number of hydrogen-bond donors (Lipinski definition) is 2. The molecular weight excluding hydrogens is 246 g/mol. The first kappa shape index (κ1) is 15.5. The van der Waals surface area contributed by atoms with Crippen LogP contribution in [0.1, 0.15) is 69.2 Å². The van der Waals surface area contributed by atoms with Crippen LogP contribution in [0.15, 0.2) is 18.2 Å². The molecule has 2 nitrogen and oxygen atoms in total. The molecule has 0 saturated heterocycles. The van der Waals surface area contributed by atoms with Gasteiger partial charge in [0.2, 0.25) is 0 Å². The van der Waals surface area contributed by atoms with Crippen LogP contribution in [-0.4, -0.2) is 17.3 Å². The highest BCUT2D eigenvalue weighted by Crippen LogP contribution is 2.25. The molecule has 1 aromatic carbocycles. The van der Waals surface area contributed by atoms with Crippen molar-refractivity contribution in [3.05, 3.63) is 34.9 Å².